The summed E-state index contributed by atoms with van der Waals surface area (Å²) >= 11 is 0. The number of carbonyl (C=O) groups is 1. The number of amides is 1. The number of nitrogens with zero attached hydrogens (tertiary/aromatic N) is 1. The Morgan fingerprint density at radius 2 is 1.80 bits per heavy atom. The van der Waals surface area contributed by atoms with Crippen LogP contribution in [0.15, 0.2) is 48.5 Å². The molecule has 0 radical (unpaired) electrons. The minimum atomic E-state index is -4.73. The molecule has 0 aliphatic heterocycles. The lowest BCUT2D eigenvalue weighted by atomic mass is 10.1. The van der Waals surface area contributed by atoms with E-state index in [1.165, 1.54) is 0 Å². The van der Waals surface area contributed by atoms with E-state index >= 15 is 0 Å². The molecule has 2 rings (SSSR count). The lowest BCUT2D eigenvalue weighted by molar-refractivity contribution is -0.385. The molecule has 0 saturated heterocycles. The predicted octanol–water partition coefficient (Wildman–Crippen LogP) is 4.04. The summed E-state index contributed by atoms with van der Waals surface area (Å²) in [6.45, 7) is -0.339. The SMILES string of the molecule is O=C(NCc1cc([N+](=O)[O-])cc(C(F)(F)F)c1)OCc1ccccc1. The van der Waals surface area contributed by atoms with Gasteiger partial charge in [-0.2, -0.15) is 13.2 Å². The predicted molar refractivity (Wildman–Crippen MR) is 81.6 cm³/mol. The number of non-ortho nitro benzene ring substituents is 1. The number of ether oxygens (including phenoxy) is 1. The number of nitrogens with one attached hydrogen (secondary N) is 1. The number of nitro benzene ring substituents is 1. The highest BCUT2D eigenvalue weighted by atomic mass is 19.4. The van der Waals surface area contributed by atoms with Gasteiger partial charge in [-0.3, -0.25) is 10.1 Å². The number of hydrogen-bond donors (Lipinski definition) is 1. The molecule has 2 aromatic carbocycles. The Morgan fingerprint density at radius 1 is 1.12 bits per heavy atom. The van der Waals surface area contributed by atoms with Crippen LogP contribution in [0.2, 0.25) is 0 Å². The number of benzene rings is 2. The molecular weight excluding hydrogens is 341 g/mol. The second-order valence-corrected chi connectivity index (χ2v) is 5.06. The van der Waals surface area contributed by atoms with Crippen LogP contribution >= 0.6 is 0 Å². The maximum absolute atomic E-state index is 12.8. The molecular formula is C16H13F3N2O4. The molecule has 2 aromatic rings. The third-order valence-electron chi connectivity index (χ3n) is 3.17. The smallest absolute Gasteiger partial charge is 0.416 e. The van der Waals surface area contributed by atoms with Crippen molar-refractivity contribution in [2.75, 3.05) is 0 Å². The minimum Gasteiger partial charge on any atom is -0.445 e. The van der Waals surface area contributed by atoms with Crippen molar-refractivity contribution in [1.29, 1.82) is 0 Å². The quantitative estimate of drug-likeness (QED) is 0.649. The minimum absolute atomic E-state index is 0.00455. The Balaban J connectivity index is 2.00. The van der Waals surface area contributed by atoms with Crippen LogP contribution in [0.3, 0.4) is 0 Å². The van der Waals surface area contributed by atoms with Gasteiger partial charge >= 0.3 is 12.3 Å². The summed E-state index contributed by atoms with van der Waals surface area (Å²) in [5.74, 6) is 0. The highest BCUT2D eigenvalue weighted by Gasteiger charge is 2.32. The molecule has 1 amide bonds. The van der Waals surface area contributed by atoms with Gasteiger partial charge in [0.05, 0.1) is 10.5 Å². The van der Waals surface area contributed by atoms with Crippen molar-refractivity contribution in [3.05, 3.63) is 75.3 Å². The number of alkyl carbamates (subject to hydrolysis) is 1. The number of alkyl halides is 3. The second kappa shape index (κ2) is 7.65. The van der Waals surface area contributed by atoms with Crippen molar-refractivity contribution in [3.8, 4) is 0 Å². The Hall–Kier alpha value is -3.10. The van der Waals surface area contributed by atoms with Crippen LogP contribution in [0.5, 0.6) is 0 Å². The van der Waals surface area contributed by atoms with Gasteiger partial charge in [-0.15, -0.1) is 0 Å². The molecule has 25 heavy (non-hydrogen) atoms. The molecule has 0 spiro atoms. The largest absolute Gasteiger partial charge is 0.445 e. The average molecular weight is 354 g/mol. The molecule has 0 saturated carbocycles. The number of halogens is 3. The van der Waals surface area contributed by atoms with Gasteiger partial charge in [0.15, 0.2) is 0 Å². The highest BCUT2D eigenvalue weighted by molar-refractivity contribution is 5.67. The number of hydrogen-bond acceptors (Lipinski definition) is 4. The summed E-state index contributed by atoms with van der Waals surface area (Å²) in [5, 5.41) is 13.0. The molecule has 0 aliphatic rings. The summed E-state index contributed by atoms with van der Waals surface area (Å²) in [6, 6.07) is 10.9. The first-order valence-electron chi connectivity index (χ1n) is 7.06. The van der Waals surface area contributed by atoms with E-state index in [1.54, 1.807) is 30.3 Å². The normalized spacial score (nSPS) is 11.0. The highest BCUT2D eigenvalue weighted by Crippen LogP contribution is 2.32. The van der Waals surface area contributed by atoms with E-state index in [-0.39, 0.29) is 18.7 Å². The fourth-order valence-corrected chi connectivity index (χ4v) is 1.99. The van der Waals surface area contributed by atoms with Crippen molar-refractivity contribution < 1.29 is 27.6 Å². The topological polar surface area (TPSA) is 81.5 Å². The van der Waals surface area contributed by atoms with Crippen LogP contribution in [-0.4, -0.2) is 11.0 Å². The van der Waals surface area contributed by atoms with Crippen LogP contribution in [0.1, 0.15) is 16.7 Å². The summed E-state index contributed by atoms with van der Waals surface area (Å²) < 4.78 is 43.3. The van der Waals surface area contributed by atoms with Gasteiger partial charge in [0, 0.05) is 18.7 Å². The zero-order chi connectivity index (χ0) is 18.4. The zero-order valence-corrected chi connectivity index (χ0v) is 12.7. The summed E-state index contributed by atoms with van der Waals surface area (Å²) in [5.41, 5.74) is -1.18. The van der Waals surface area contributed by atoms with Crippen LogP contribution in [0, 0.1) is 10.1 Å². The molecule has 0 aromatic heterocycles. The first kappa shape index (κ1) is 18.2. The van der Waals surface area contributed by atoms with E-state index in [0.717, 1.165) is 17.7 Å². The van der Waals surface area contributed by atoms with Crippen LogP contribution in [0.4, 0.5) is 23.7 Å². The van der Waals surface area contributed by atoms with Crippen molar-refractivity contribution in [2.24, 2.45) is 0 Å². The van der Waals surface area contributed by atoms with Gasteiger partial charge in [-0.25, -0.2) is 4.79 Å². The lowest BCUT2D eigenvalue weighted by Crippen LogP contribution is -2.24. The van der Waals surface area contributed by atoms with Gasteiger partial charge in [-0.05, 0) is 17.2 Å². The first-order valence-corrected chi connectivity index (χ1v) is 7.06. The van der Waals surface area contributed by atoms with E-state index in [2.05, 4.69) is 5.32 Å². The van der Waals surface area contributed by atoms with Gasteiger partial charge in [0.25, 0.3) is 5.69 Å². The number of carbonyl (C=O) groups excluding carboxylic acids is 1. The molecule has 0 unspecified atom stereocenters. The first-order chi connectivity index (χ1) is 11.8. The van der Waals surface area contributed by atoms with E-state index in [4.69, 9.17) is 4.74 Å². The van der Waals surface area contributed by atoms with Crippen LogP contribution in [0.25, 0.3) is 0 Å². The molecule has 0 atom stereocenters. The summed E-state index contributed by atoms with van der Waals surface area (Å²) in [6.07, 6.45) is -5.57. The van der Waals surface area contributed by atoms with E-state index in [1.807, 2.05) is 0 Å². The molecule has 9 heteroatoms. The molecule has 0 aliphatic carbocycles. The standard InChI is InChI=1S/C16H13F3N2O4/c17-16(18,19)13-6-12(7-14(8-13)21(23)24)9-20-15(22)25-10-11-4-2-1-3-5-11/h1-8H,9-10H2,(H,20,22). The van der Waals surface area contributed by atoms with Crippen LogP contribution < -0.4 is 5.32 Å². The molecule has 0 heterocycles. The Labute approximate surface area is 140 Å². The molecule has 0 fully saturated rings. The number of nitro groups is 1. The second-order valence-electron chi connectivity index (χ2n) is 5.06. The maximum Gasteiger partial charge on any atom is 0.416 e. The Kier molecular flexibility index (Phi) is 5.58. The Morgan fingerprint density at radius 3 is 2.40 bits per heavy atom. The molecule has 132 valence electrons. The summed E-state index contributed by atoms with van der Waals surface area (Å²) in [4.78, 5) is 21.4. The van der Waals surface area contributed by atoms with E-state index in [0.29, 0.717) is 6.07 Å². The van der Waals surface area contributed by atoms with Crippen molar-refractivity contribution >= 4 is 11.8 Å². The van der Waals surface area contributed by atoms with Gasteiger partial charge < -0.3 is 10.1 Å². The monoisotopic (exact) mass is 354 g/mol. The number of rotatable bonds is 5. The van der Waals surface area contributed by atoms with Gasteiger partial charge in [0.1, 0.15) is 6.61 Å². The molecule has 0 bridgehead atoms. The summed E-state index contributed by atoms with van der Waals surface area (Å²) in [7, 11) is 0. The fourth-order valence-electron chi connectivity index (χ4n) is 1.99. The van der Waals surface area contributed by atoms with E-state index in [9.17, 15) is 28.1 Å². The zero-order valence-electron chi connectivity index (χ0n) is 12.7. The van der Waals surface area contributed by atoms with Crippen LogP contribution in [-0.2, 0) is 24.1 Å². The fraction of sp³-hybridized carbons (Fsp3) is 0.188. The lowest BCUT2D eigenvalue weighted by Gasteiger charge is -2.10. The van der Waals surface area contributed by atoms with Gasteiger partial charge in [0.2, 0.25) is 0 Å². The maximum atomic E-state index is 12.8. The van der Waals surface area contributed by atoms with Gasteiger partial charge in [-0.1, -0.05) is 30.3 Å². The van der Waals surface area contributed by atoms with Crippen molar-refractivity contribution in [2.45, 2.75) is 19.3 Å². The Bertz CT molecular complexity index is 764. The van der Waals surface area contributed by atoms with Crippen molar-refractivity contribution in [1.82, 2.24) is 5.32 Å². The molecule has 1 N–H and O–H groups in total. The van der Waals surface area contributed by atoms with Crippen molar-refractivity contribution in [3.63, 3.8) is 0 Å². The molecule has 6 nitrogen and oxygen atoms in total. The van der Waals surface area contributed by atoms with E-state index < -0.39 is 28.4 Å². The third-order valence-corrected chi connectivity index (χ3v) is 3.17. The average Bonchev–Trinajstić information content (AvgIpc) is 2.58. The third kappa shape index (κ3) is 5.48.